The molecule has 0 spiro atoms. The minimum atomic E-state index is -0.609. The van der Waals surface area contributed by atoms with E-state index in [9.17, 15) is 19.2 Å². The van der Waals surface area contributed by atoms with Crippen LogP contribution >= 0.6 is 0 Å². The van der Waals surface area contributed by atoms with Gasteiger partial charge < -0.3 is 19.3 Å². The van der Waals surface area contributed by atoms with E-state index in [1.165, 1.54) is 6.42 Å². The lowest BCUT2D eigenvalue weighted by Crippen LogP contribution is -2.61. The summed E-state index contributed by atoms with van der Waals surface area (Å²) in [7, 11) is 0. The Morgan fingerprint density at radius 2 is 1.76 bits per heavy atom. The first-order valence-corrected chi connectivity index (χ1v) is 15.8. The van der Waals surface area contributed by atoms with E-state index in [-0.39, 0.29) is 41.6 Å². The topological polar surface area (TPSA) is 108 Å². The number of likely N-dealkylation sites (tertiary alicyclic amines) is 2. The van der Waals surface area contributed by atoms with Gasteiger partial charge in [0.2, 0.25) is 17.7 Å². The monoisotopic (exact) mass is 578 g/mol. The maximum atomic E-state index is 13.1. The largest absolute Gasteiger partial charge is 0.489 e. The van der Waals surface area contributed by atoms with E-state index in [4.69, 9.17) is 9.47 Å². The van der Waals surface area contributed by atoms with Crippen molar-refractivity contribution < 1.29 is 28.7 Å². The lowest BCUT2D eigenvalue weighted by Gasteiger charge is -2.52. The Kier molecular flexibility index (Phi) is 7.25. The van der Waals surface area contributed by atoms with Crippen LogP contribution in [0, 0.1) is 17.3 Å². The minimum Gasteiger partial charge on any atom is -0.489 e. The van der Waals surface area contributed by atoms with Gasteiger partial charge in [-0.05, 0) is 81.0 Å². The van der Waals surface area contributed by atoms with Gasteiger partial charge in [-0.1, -0.05) is 6.42 Å². The van der Waals surface area contributed by atoms with E-state index in [0.29, 0.717) is 49.6 Å². The number of ether oxygens (including phenoxy) is 2. The third-order valence-electron chi connectivity index (χ3n) is 10.7. The lowest BCUT2D eigenvalue weighted by atomic mass is 9.77. The highest BCUT2D eigenvalue weighted by atomic mass is 16.5. The van der Waals surface area contributed by atoms with Crippen molar-refractivity contribution >= 4 is 23.6 Å². The SMILES string of the molecule is CC1(C(=O)N2CCC(C3CN([C@@H]4CCCC[C@H]4Oc4ccc5c(c4)CN(C4CCC(=O)NC4=O)C5=O)C3)CC2)COC1. The van der Waals surface area contributed by atoms with Gasteiger partial charge in [0.1, 0.15) is 17.9 Å². The summed E-state index contributed by atoms with van der Waals surface area (Å²) < 4.78 is 11.9. The molecule has 4 amide bonds. The summed E-state index contributed by atoms with van der Waals surface area (Å²) in [4.78, 5) is 56.2. The van der Waals surface area contributed by atoms with E-state index < -0.39 is 6.04 Å². The maximum absolute atomic E-state index is 13.1. The molecule has 10 nitrogen and oxygen atoms in total. The fraction of sp³-hybridized carbons (Fsp3) is 0.688. The molecule has 7 rings (SSSR count). The summed E-state index contributed by atoms with van der Waals surface area (Å²) in [5.41, 5.74) is 1.18. The van der Waals surface area contributed by atoms with Crippen molar-refractivity contribution in [3.05, 3.63) is 29.3 Å². The molecular formula is C32H42N4O6. The number of piperidine rings is 2. The summed E-state index contributed by atoms with van der Waals surface area (Å²) in [5.74, 6) is 1.59. The number of amides is 4. The number of nitrogens with one attached hydrogen (secondary N) is 1. The first kappa shape index (κ1) is 27.8. The van der Waals surface area contributed by atoms with Crippen LogP contribution in [-0.4, -0.2) is 95.9 Å². The molecule has 0 bridgehead atoms. The highest BCUT2D eigenvalue weighted by molar-refractivity contribution is 6.05. The number of rotatable bonds is 6. The van der Waals surface area contributed by atoms with Gasteiger partial charge in [0.15, 0.2) is 0 Å². The Labute approximate surface area is 247 Å². The van der Waals surface area contributed by atoms with Crippen LogP contribution < -0.4 is 10.1 Å². The van der Waals surface area contributed by atoms with E-state index in [1.807, 2.05) is 25.1 Å². The van der Waals surface area contributed by atoms with Crippen LogP contribution in [0.5, 0.6) is 5.75 Å². The van der Waals surface area contributed by atoms with Gasteiger partial charge in [-0.15, -0.1) is 0 Å². The van der Waals surface area contributed by atoms with Gasteiger partial charge in [0, 0.05) is 50.7 Å². The number of carbonyl (C=O) groups excluding carboxylic acids is 4. The van der Waals surface area contributed by atoms with Crippen molar-refractivity contribution in [3.63, 3.8) is 0 Å². The molecule has 1 aromatic rings. The molecule has 3 atom stereocenters. The third-order valence-corrected chi connectivity index (χ3v) is 10.7. The van der Waals surface area contributed by atoms with Gasteiger partial charge in [0.05, 0.1) is 18.6 Å². The summed E-state index contributed by atoms with van der Waals surface area (Å²) in [6.07, 6.45) is 7.44. The average Bonchev–Trinajstić information content (AvgIpc) is 3.27. The first-order valence-electron chi connectivity index (χ1n) is 15.8. The Balaban J connectivity index is 0.932. The Bertz CT molecular complexity index is 1270. The molecule has 1 saturated carbocycles. The molecule has 226 valence electrons. The van der Waals surface area contributed by atoms with Crippen molar-refractivity contribution in [3.8, 4) is 5.75 Å². The standard InChI is InChI=1S/C32H42N4O6/c1-32(18-41-19-32)31(40)34-12-10-20(11-13-34)22-15-35(16-22)25-4-2-3-5-27(25)42-23-6-7-24-21(14-23)17-36(30(24)39)26-8-9-28(37)33-29(26)38/h6-7,14,20,22,25-27H,2-5,8-13,15-19H2,1H3,(H,33,37,38)/t25-,26?,27-/m1/s1. The molecule has 5 fully saturated rings. The van der Waals surface area contributed by atoms with Crippen molar-refractivity contribution in [2.75, 3.05) is 39.4 Å². The number of benzene rings is 1. The molecule has 4 saturated heterocycles. The molecule has 1 unspecified atom stereocenters. The van der Waals surface area contributed by atoms with E-state index in [2.05, 4.69) is 15.1 Å². The number of carbonyl (C=O) groups is 4. The molecule has 6 aliphatic rings. The first-order chi connectivity index (χ1) is 20.3. The molecule has 5 aliphatic heterocycles. The zero-order valence-electron chi connectivity index (χ0n) is 24.5. The quantitative estimate of drug-likeness (QED) is 0.517. The predicted molar refractivity (Wildman–Crippen MR) is 152 cm³/mol. The van der Waals surface area contributed by atoms with Gasteiger partial charge in [0.25, 0.3) is 5.91 Å². The zero-order valence-corrected chi connectivity index (χ0v) is 24.5. The van der Waals surface area contributed by atoms with Crippen molar-refractivity contribution in [2.45, 2.75) is 83.0 Å². The number of nitrogens with zero attached hydrogens (tertiary/aromatic N) is 3. The van der Waals surface area contributed by atoms with Crippen LogP contribution in [0.1, 0.15) is 74.2 Å². The molecule has 0 radical (unpaired) electrons. The van der Waals surface area contributed by atoms with Crippen molar-refractivity contribution in [1.82, 2.24) is 20.0 Å². The Morgan fingerprint density at radius 1 is 1.00 bits per heavy atom. The normalized spacial score (nSPS) is 30.4. The Hall–Kier alpha value is -2.98. The fourth-order valence-corrected chi connectivity index (χ4v) is 8.04. The Morgan fingerprint density at radius 3 is 2.48 bits per heavy atom. The highest BCUT2D eigenvalue weighted by Gasteiger charge is 2.46. The molecule has 42 heavy (non-hydrogen) atoms. The number of hydrogen-bond acceptors (Lipinski definition) is 7. The fourth-order valence-electron chi connectivity index (χ4n) is 8.04. The summed E-state index contributed by atoms with van der Waals surface area (Å²) in [6.45, 7) is 7.44. The number of imide groups is 1. The van der Waals surface area contributed by atoms with Crippen LogP contribution in [0.25, 0.3) is 0 Å². The third kappa shape index (κ3) is 5.00. The molecule has 5 heterocycles. The van der Waals surface area contributed by atoms with Crippen LogP contribution in [0.4, 0.5) is 0 Å². The average molecular weight is 579 g/mol. The van der Waals surface area contributed by atoms with Crippen molar-refractivity contribution in [2.24, 2.45) is 17.3 Å². The maximum Gasteiger partial charge on any atom is 0.255 e. The predicted octanol–water partition coefficient (Wildman–Crippen LogP) is 2.34. The van der Waals surface area contributed by atoms with Gasteiger partial charge in [-0.2, -0.15) is 0 Å². The molecule has 1 N–H and O–H groups in total. The second-order valence-electron chi connectivity index (χ2n) is 13.6. The van der Waals surface area contributed by atoms with Crippen LogP contribution in [0.2, 0.25) is 0 Å². The van der Waals surface area contributed by atoms with Crippen LogP contribution in [-0.2, 0) is 25.7 Å². The molecule has 10 heteroatoms. The van der Waals surface area contributed by atoms with Gasteiger partial charge in [-0.3, -0.25) is 29.4 Å². The summed E-state index contributed by atoms with van der Waals surface area (Å²) >= 11 is 0. The second-order valence-corrected chi connectivity index (χ2v) is 13.6. The number of hydrogen-bond donors (Lipinski definition) is 1. The van der Waals surface area contributed by atoms with Crippen LogP contribution in [0.15, 0.2) is 18.2 Å². The summed E-state index contributed by atoms with van der Waals surface area (Å²) in [6, 6.07) is 5.47. The van der Waals surface area contributed by atoms with Gasteiger partial charge >= 0.3 is 0 Å². The smallest absolute Gasteiger partial charge is 0.255 e. The minimum absolute atomic E-state index is 0.117. The highest BCUT2D eigenvalue weighted by Crippen LogP contribution is 2.39. The molecule has 0 aromatic heterocycles. The lowest BCUT2D eigenvalue weighted by molar-refractivity contribution is -0.170. The van der Waals surface area contributed by atoms with Crippen LogP contribution in [0.3, 0.4) is 0 Å². The van der Waals surface area contributed by atoms with E-state index >= 15 is 0 Å². The molecule has 1 aliphatic carbocycles. The van der Waals surface area contributed by atoms with E-state index in [1.54, 1.807) is 4.90 Å². The zero-order chi connectivity index (χ0) is 29.0. The number of fused-ring (bicyclic) bond motifs is 1. The second kappa shape index (κ2) is 10.9. The van der Waals surface area contributed by atoms with Gasteiger partial charge in [-0.25, -0.2) is 0 Å². The van der Waals surface area contributed by atoms with E-state index in [0.717, 1.165) is 69.6 Å². The summed E-state index contributed by atoms with van der Waals surface area (Å²) in [5, 5.41) is 2.36. The van der Waals surface area contributed by atoms with Crippen molar-refractivity contribution in [1.29, 1.82) is 0 Å². The molecular weight excluding hydrogens is 536 g/mol. The molecule has 1 aromatic carbocycles.